The lowest BCUT2D eigenvalue weighted by Gasteiger charge is -2.23. The van der Waals surface area contributed by atoms with Gasteiger partial charge < -0.3 is 19.2 Å². The fourth-order valence-corrected chi connectivity index (χ4v) is 3.53. The second-order valence-electron chi connectivity index (χ2n) is 6.76. The normalized spacial score (nSPS) is 16.0. The Hall–Kier alpha value is -2.79. The number of furan rings is 1. The predicted molar refractivity (Wildman–Crippen MR) is 103 cm³/mol. The summed E-state index contributed by atoms with van der Waals surface area (Å²) in [7, 11) is 1.66. The molecular formula is C22H24N2O3. The Morgan fingerprint density at radius 1 is 1.19 bits per heavy atom. The first kappa shape index (κ1) is 17.6. The highest BCUT2D eigenvalue weighted by molar-refractivity contribution is 5.43. The number of hydrogen-bond donors (Lipinski definition) is 1. The van der Waals surface area contributed by atoms with Gasteiger partial charge in [-0.05, 0) is 42.7 Å². The van der Waals surface area contributed by atoms with E-state index in [-0.39, 0.29) is 0 Å². The zero-order chi connectivity index (χ0) is 18.5. The lowest BCUT2D eigenvalue weighted by molar-refractivity contribution is 0.283. The molecule has 5 heteroatoms. The van der Waals surface area contributed by atoms with E-state index in [0.29, 0.717) is 12.6 Å². The molecule has 3 aromatic rings. The minimum Gasteiger partial charge on any atom is -0.493 e. The van der Waals surface area contributed by atoms with Gasteiger partial charge in [-0.3, -0.25) is 4.98 Å². The lowest BCUT2D eigenvalue weighted by atomic mass is 9.93. The molecule has 2 heterocycles. The SMILES string of the molecule is COc1ccc(CNC2CCCc3occc32)cc1OCc1cccnc1. The zero-order valence-corrected chi connectivity index (χ0v) is 15.5. The third kappa shape index (κ3) is 4.14. The third-order valence-electron chi connectivity index (χ3n) is 4.95. The van der Waals surface area contributed by atoms with Gasteiger partial charge in [0.25, 0.3) is 0 Å². The average Bonchev–Trinajstić information content (AvgIpc) is 3.21. The maximum atomic E-state index is 5.98. The average molecular weight is 364 g/mol. The van der Waals surface area contributed by atoms with E-state index in [1.54, 1.807) is 19.6 Å². The van der Waals surface area contributed by atoms with Gasteiger partial charge in [0.1, 0.15) is 12.4 Å². The van der Waals surface area contributed by atoms with Gasteiger partial charge in [0, 0.05) is 42.5 Å². The highest BCUT2D eigenvalue weighted by Crippen LogP contribution is 2.32. The Labute approximate surface area is 159 Å². The van der Waals surface area contributed by atoms with Crippen LogP contribution in [0.15, 0.2) is 59.5 Å². The summed E-state index contributed by atoms with van der Waals surface area (Å²) in [5, 5.41) is 3.65. The van der Waals surface area contributed by atoms with Crippen LogP contribution in [0, 0.1) is 0 Å². The number of aryl methyl sites for hydroxylation is 1. The predicted octanol–water partition coefficient (Wildman–Crippen LogP) is 4.43. The summed E-state index contributed by atoms with van der Waals surface area (Å²) in [6.45, 7) is 1.23. The number of ether oxygens (including phenoxy) is 2. The minimum atomic E-state index is 0.342. The first-order chi connectivity index (χ1) is 13.3. The van der Waals surface area contributed by atoms with Crippen LogP contribution in [-0.4, -0.2) is 12.1 Å². The fraction of sp³-hybridized carbons (Fsp3) is 0.318. The van der Waals surface area contributed by atoms with E-state index in [0.717, 1.165) is 54.2 Å². The Kier molecular flexibility index (Phi) is 5.39. The first-order valence-corrected chi connectivity index (χ1v) is 9.32. The summed E-state index contributed by atoms with van der Waals surface area (Å²) >= 11 is 0. The second kappa shape index (κ2) is 8.27. The van der Waals surface area contributed by atoms with E-state index in [9.17, 15) is 0 Å². The number of nitrogens with zero attached hydrogens (tertiary/aromatic N) is 1. The molecule has 0 saturated carbocycles. The Balaban J connectivity index is 1.43. The van der Waals surface area contributed by atoms with Gasteiger partial charge >= 0.3 is 0 Å². The van der Waals surface area contributed by atoms with Crippen LogP contribution in [0.25, 0.3) is 0 Å². The molecule has 0 aliphatic heterocycles. The molecule has 4 rings (SSSR count). The van der Waals surface area contributed by atoms with E-state index in [1.807, 2.05) is 30.5 Å². The van der Waals surface area contributed by atoms with E-state index in [1.165, 1.54) is 5.56 Å². The number of fused-ring (bicyclic) bond motifs is 1. The number of aromatic nitrogens is 1. The molecule has 1 aliphatic carbocycles. The molecule has 0 radical (unpaired) electrons. The van der Waals surface area contributed by atoms with Gasteiger partial charge in [0.15, 0.2) is 11.5 Å². The Morgan fingerprint density at radius 3 is 3.00 bits per heavy atom. The molecular weight excluding hydrogens is 340 g/mol. The maximum absolute atomic E-state index is 5.98. The van der Waals surface area contributed by atoms with Crippen LogP contribution in [0.2, 0.25) is 0 Å². The number of hydrogen-bond acceptors (Lipinski definition) is 5. The molecule has 1 atom stereocenters. The van der Waals surface area contributed by atoms with Crippen LogP contribution in [0.3, 0.4) is 0 Å². The van der Waals surface area contributed by atoms with Crippen LogP contribution < -0.4 is 14.8 Å². The second-order valence-corrected chi connectivity index (χ2v) is 6.76. The quantitative estimate of drug-likeness (QED) is 0.672. The van der Waals surface area contributed by atoms with Crippen LogP contribution >= 0.6 is 0 Å². The monoisotopic (exact) mass is 364 g/mol. The summed E-state index contributed by atoms with van der Waals surface area (Å²) in [6, 6.07) is 12.4. The number of methoxy groups -OCH3 is 1. The van der Waals surface area contributed by atoms with Crippen molar-refractivity contribution < 1.29 is 13.9 Å². The number of pyridine rings is 1. The molecule has 1 aromatic carbocycles. The molecule has 0 saturated heterocycles. The van der Waals surface area contributed by atoms with Crippen molar-refractivity contribution in [2.75, 3.05) is 7.11 Å². The maximum Gasteiger partial charge on any atom is 0.161 e. The molecule has 0 fully saturated rings. The number of benzene rings is 1. The van der Waals surface area contributed by atoms with Crippen LogP contribution in [0.5, 0.6) is 11.5 Å². The van der Waals surface area contributed by atoms with Gasteiger partial charge in [0.05, 0.1) is 13.4 Å². The van der Waals surface area contributed by atoms with Gasteiger partial charge in [-0.15, -0.1) is 0 Å². The minimum absolute atomic E-state index is 0.342. The van der Waals surface area contributed by atoms with Gasteiger partial charge in [-0.2, -0.15) is 0 Å². The van der Waals surface area contributed by atoms with Gasteiger partial charge in [0.2, 0.25) is 0 Å². The van der Waals surface area contributed by atoms with Crippen molar-refractivity contribution in [1.29, 1.82) is 0 Å². The van der Waals surface area contributed by atoms with Crippen molar-refractivity contribution in [2.24, 2.45) is 0 Å². The highest BCUT2D eigenvalue weighted by atomic mass is 16.5. The zero-order valence-electron chi connectivity index (χ0n) is 15.5. The topological polar surface area (TPSA) is 56.5 Å². The third-order valence-corrected chi connectivity index (χ3v) is 4.95. The molecule has 5 nitrogen and oxygen atoms in total. The molecule has 0 amide bonds. The van der Waals surface area contributed by atoms with Crippen molar-refractivity contribution in [3.63, 3.8) is 0 Å². The Morgan fingerprint density at radius 2 is 2.15 bits per heavy atom. The summed E-state index contributed by atoms with van der Waals surface area (Å²) in [4.78, 5) is 4.12. The van der Waals surface area contributed by atoms with Gasteiger partial charge in [-0.25, -0.2) is 0 Å². The molecule has 140 valence electrons. The largest absolute Gasteiger partial charge is 0.493 e. The summed E-state index contributed by atoms with van der Waals surface area (Å²) in [5.74, 6) is 2.60. The van der Waals surface area contributed by atoms with E-state index in [2.05, 4.69) is 22.4 Å². The van der Waals surface area contributed by atoms with Crippen molar-refractivity contribution >= 4 is 0 Å². The fourth-order valence-electron chi connectivity index (χ4n) is 3.53. The standard InChI is InChI=1S/C22H24N2O3/c1-25-21-8-7-16(12-22(21)27-15-17-4-3-10-23-13-17)14-24-19-5-2-6-20-18(19)9-11-26-20/h3-4,7-13,19,24H,2,5-6,14-15H2,1H3. The highest BCUT2D eigenvalue weighted by Gasteiger charge is 2.22. The van der Waals surface area contributed by atoms with Crippen molar-refractivity contribution in [2.45, 2.75) is 38.5 Å². The molecule has 0 spiro atoms. The molecule has 0 bridgehead atoms. The van der Waals surface area contributed by atoms with Crippen molar-refractivity contribution in [1.82, 2.24) is 10.3 Å². The van der Waals surface area contributed by atoms with Crippen molar-refractivity contribution in [3.8, 4) is 11.5 Å². The van der Waals surface area contributed by atoms with E-state index < -0.39 is 0 Å². The summed E-state index contributed by atoms with van der Waals surface area (Å²) in [6.07, 6.45) is 8.68. The van der Waals surface area contributed by atoms with E-state index >= 15 is 0 Å². The van der Waals surface area contributed by atoms with Crippen LogP contribution in [0.1, 0.15) is 41.3 Å². The van der Waals surface area contributed by atoms with Gasteiger partial charge in [-0.1, -0.05) is 12.1 Å². The summed E-state index contributed by atoms with van der Waals surface area (Å²) < 4.78 is 17.0. The number of rotatable bonds is 7. The van der Waals surface area contributed by atoms with Crippen LogP contribution in [-0.2, 0) is 19.6 Å². The van der Waals surface area contributed by atoms with E-state index in [4.69, 9.17) is 13.9 Å². The first-order valence-electron chi connectivity index (χ1n) is 9.32. The molecule has 1 aliphatic rings. The number of nitrogens with one attached hydrogen (secondary N) is 1. The summed E-state index contributed by atoms with van der Waals surface area (Å²) in [5.41, 5.74) is 3.48. The molecule has 1 unspecified atom stereocenters. The molecule has 1 N–H and O–H groups in total. The smallest absolute Gasteiger partial charge is 0.161 e. The molecule has 2 aromatic heterocycles. The Bertz CT molecular complexity index is 876. The molecule has 27 heavy (non-hydrogen) atoms. The van der Waals surface area contributed by atoms with Crippen molar-refractivity contribution in [3.05, 3.63) is 77.5 Å². The lowest BCUT2D eigenvalue weighted by Crippen LogP contribution is -2.24. The van der Waals surface area contributed by atoms with Crippen LogP contribution in [0.4, 0.5) is 0 Å².